The first-order valence-electron chi connectivity index (χ1n) is 6.01. The van der Waals surface area contributed by atoms with Crippen LogP contribution in [0.5, 0.6) is 0 Å². The largest absolute Gasteiger partial charge is 0.396 e. The van der Waals surface area contributed by atoms with E-state index >= 15 is 0 Å². The number of hydrogen-bond donors (Lipinski definition) is 2. The average Bonchev–Trinajstić information content (AvgIpc) is 2.50. The van der Waals surface area contributed by atoms with Gasteiger partial charge < -0.3 is 10.8 Å². The van der Waals surface area contributed by atoms with Gasteiger partial charge in [-0.15, -0.1) is 0 Å². The number of nitrogens with two attached hydrogens (primary N) is 1. The molecule has 2 aromatic rings. The molecule has 108 valence electrons. The summed E-state index contributed by atoms with van der Waals surface area (Å²) in [5.41, 5.74) is 6.02. The average molecular weight is 398 g/mol. The lowest BCUT2D eigenvalue weighted by Crippen LogP contribution is -2.13. The van der Waals surface area contributed by atoms with Gasteiger partial charge in [0.25, 0.3) is 0 Å². The predicted octanol–water partition coefficient (Wildman–Crippen LogP) is 2.89. The smallest absolute Gasteiger partial charge is 0.207 e. The Labute approximate surface area is 134 Å². The van der Waals surface area contributed by atoms with Crippen LogP contribution in [0, 0.1) is 9.39 Å². The number of Topliss-reactive ketones (excluding diaryl/α,β-unsaturated/α-hetero) is 1. The number of carbonyl (C=O) groups is 1. The van der Waals surface area contributed by atoms with Crippen molar-refractivity contribution in [3.8, 4) is 11.3 Å². The number of halogens is 2. The number of aliphatic hydroxyl groups excluding tert-OH is 1. The van der Waals surface area contributed by atoms with E-state index in [1.54, 1.807) is 24.3 Å². The van der Waals surface area contributed by atoms with Gasteiger partial charge in [0.1, 0.15) is 18.0 Å². The normalized spacial score (nSPS) is 10.4. The van der Waals surface area contributed by atoms with Gasteiger partial charge in [-0.25, -0.2) is 9.37 Å². The third-order valence-corrected chi connectivity index (χ3v) is 3.66. The number of ketones is 1. The number of nitrogens with zero attached hydrogens (tertiary/aromatic N) is 1. The van der Waals surface area contributed by atoms with Crippen LogP contribution in [-0.4, -0.2) is 22.5 Å². The fourth-order valence-corrected chi connectivity index (χ4v) is 2.25. The first-order valence-corrected chi connectivity index (χ1v) is 7.08. The first kappa shape index (κ1) is 15.6. The van der Waals surface area contributed by atoms with Crippen LogP contribution in [0.4, 0.5) is 10.1 Å². The van der Waals surface area contributed by atoms with E-state index in [0.29, 0.717) is 5.56 Å². The number of hydrogen-bond acceptors (Lipinski definition) is 4. The molecule has 1 heterocycles. The van der Waals surface area contributed by atoms with Crippen LogP contribution < -0.4 is 5.73 Å². The van der Waals surface area contributed by atoms with Gasteiger partial charge in [0.05, 0.1) is 5.69 Å². The van der Waals surface area contributed by atoms with Crippen LogP contribution in [0.25, 0.3) is 17.3 Å². The van der Waals surface area contributed by atoms with E-state index in [4.69, 9.17) is 10.8 Å². The molecule has 0 saturated carbocycles. The van der Waals surface area contributed by atoms with Crippen LogP contribution in [0.2, 0.25) is 0 Å². The van der Waals surface area contributed by atoms with Gasteiger partial charge in [0, 0.05) is 14.7 Å². The van der Waals surface area contributed by atoms with Crippen molar-refractivity contribution in [3.05, 3.63) is 51.5 Å². The summed E-state index contributed by atoms with van der Waals surface area (Å²) in [6.45, 7) is 2.77. The van der Waals surface area contributed by atoms with Crippen LogP contribution in [0.3, 0.4) is 0 Å². The molecular formula is C15H12FIN2O2. The summed E-state index contributed by atoms with van der Waals surface area (Å²) in [4.78, 5) is 15.8. The summed E-state index contributed by atoms with van der Waals surface area (Å²) in [7, 11) is 0. The van der Waals surface area contributed by atoms with Gasteiger partial charge in [0.15, 0.2) is 5.82 Å². The van der Waals surface area contributed by atoms with Crippen molar-refractivity contribution >= 4 is 40.1 Å². The quantitative estimate of drug-likeness (QED) is 0.614. The Morgan fingerprint density at radius 2 is 2.05 bits per heavy atom. The molecule has 4 nitrogen and oxygen atoms in total. The molecule has 1 aromatic heterocycles. The van der Waals surface area contributed by atoms with Gasteiger partial charge in [-0.1, -0.05) is 24.8 Å². The van der Waals surface area contributed by atoms with Gasteiger partial charge in [-0.2, -0.15) is 0 Å². The predicted molar refractivity (Wildman–Crippen MR) is 88.3 cm³/mol. The molecule has 0 saturated heterocycles. The minimum atomic E-state index is -0.731. The Morgan fingerprint density at radius 3 is 2.57 bits per heavy atom. The number of anilines is 1. The van der Waals surface area contributed by atoms with E-state index in [-0.39, 0.29) is 22.6 Å². The maximum atomic E-state index is 14.4. The molecule has 0 unspecified atom stereocenters. The summed E-state index contributed by atoms with van der Waals surface area (Å²) in [6.07, 6.45) is 1.26. The molecule has 0 aliphatic heterocycles. The highest BCUT2D eigenvalue weighted by molar-refractivity contribution is 14.1. The van der Waals surface area contributed by atoms with Crippen molar-refractivity contribution in [3.63, 3.8) is 0 Å². The lowest BCUT2D eigenvalue weighted by Gasteiger charge is -2.12. The zero-order chi connectivity index (χ0) is 15.6. The number of aromatic nitrogens is 1. The van der Waals surface area contributed by atoms with Gasteiger partial charge in [-0.05, 0) is 34.7 Å². The van der Waals surface area contributed by atoms with Crippen molar-refractivity contribution in [1.29, 1.82) is 0 Å². The maximum absolute atomic E-state index is 14.4. The van der Waals surface area contributed by atoms with Gasteiger partial charge in [-0.3, -0.25) is 4.79 Å². The number of carbonyl (C=O) groups excluding carboxylic acids is 1. The minimum absolute atomic E-state index is 0.0219. The van der Waals surface area contributed by atoms with Crippen molar-refractivity contribution in [1.82, 2.24) is 4.98 Å². The number of benzene rings is 1. The molecule has 6 heteroatoms. The molecule has 21 heavy (non-hydrogen) atoms. The summed E-state index contributed by atoms with van der Waals surface area (Å²) in [5, 5.41) is 9.01. The molecule has 0 radical (unpaired) electrons. The molecule has 2 rings (SSSR count). The monoisotopic (exact) mass is 398 g/mol. The fourth-order valence-electron chi connectivity index (χ4n) is 1.89. The van der Waals surface area contributed by atoms with E-state index < -0.39 is 18.2 Å². The highest BCUT2D eigenvalue weighted by atomic mass is 127. The molecule has 0 fully saturated rings. The molecule has 0 amide bonds. The number of rotatable bonds is 4. The number of pyridine rings is 1. The van der Waals surface area contributed by atoms with Crippen LogP contribution in [0.15, 0.2) is 30.8 Å². The molecule has 0 spiro atoms. The second kappa shape index (κ2) is 6.31. The van der Waals surface area contributed by atoms with Crippen molar-refractivity contribution < 1.29 is 14.3 Å². The minimum Gasteiger partial charge on any atom is -0.396 e. The van der Waals surface area contributed by atoms with E-state index in [0.717, 1.165) is 3.57 Å². The Kier molecular flexibility index (Phi) is 4.69. The van der Waals surface area contributed by atoms with Crippen LogP contribution >= 0.6 is 22.6 Å². The van der Waals surface area contributed by atoms with E-state index in [1.165, 1.54) is 6.08 Å². The molecular weight excluding hydrogens is 386 g/mol. The first-order chi connectivity index (χ1) is 9.99. The second-order valence-electron chi connectivity index (χ2n) is 4.24. The Morgan fingerprint density at radius 1 is 1.43 bits per heavy atom. The fraction of sp³-hybridized carbons (Fsp3) is 0.0667. The molecule has 1 aromatic carbocycles. The van der Waals surface area contributed by atoms with E-state index in [9.17, 15) is 9.18 Å². The molecule has 0 bridgehead atoms. The lowest BCUT2D eigenvalue weighted by molar-refractivity contribution is 0.0898. The Bertz CT molecular complexity index is 715. The lowest BCUT2D eigenvalue weighted by atomic mass is 10.0. The molecule has 0 atom stereocenters. The summed E-state index contributed by atoms with van der Waals surface area (Å²) < 4.78 is 15.4. The number of nitrogen functional groups attached to an aromatic ring is 1. The molecule has 3 N–H and O–H groups in total. The molecule has 0 aliphatic rings. The standard InChI is InChI=1S/C15H12FIN2O2/c1-2-10-13(18)12(16)14(19-15(10)11(21)7-20)8-3-5-9(17)6-4-8/h2-6,20H,1,7H2,(H2,18,19). The highest BCUT2D eigenvalue weighted by Crippen LogP contribution is 2.30. The molecule has 0 aliphatic carbocycles. The maximum Gasteiger partial charge on any atom is 0.207 e. The zero-order valence-corrected chi connectivity index (χ0v) is 13.1. The van der Waals surface area contributed by atoms with Crippen molar-refractivity contribution in [2.24, 2.45) is 0 Å². The summed E-state index contributed by atoms with van der Waals surface area (Å²) in [5.74, 6) is -1.34. The highest BCUT2D eigenvalue weighted by Gasteiger charge is 2.21. The third-order valence-electron chi connectivity index (χ3n) is 2.94. The van der Waals surface area contributed by atoms with Crippen molar-refractivity contribution in [2.45, 2.75) is 0 Å². The SMILES string of the molecule is C=Cc1c(C(=O)CO)nc(-c2ccc(I)cc2)c(F)c1N. The van der Waals surface area contributed by atoms with Crippen LogP contribution in [0.1, 0.15) is 16.1 Å². The number of aliphatic hydroxyl groups is 1. The second-order valence-corrected chi connectivity index (χ2v) is 5.49. The Balaban J connectivity index is 2.72. The van der Waals surface area contributed by atoms with Crippen LogP contribution in [-0.2, 0) is 0 Å². The van der Waals surface area contributed by atoms with E-state index in [2.05, 4.69) is 34.2 Å². The van der Waals surface area contributed by atoms with Gasteiger partial charge >= 0.3 is 0 Å². The van der Waals surface area contributed by atoms with Crippen molar-refractivity contribution in [2.75, 3.05) is 12.3 Å². The topological polar surface area (TPSA) is 76.2 Å². The van der Waals surface area contributed by atoms with Gasteiger partial charge in [0.2, 0.25) is 5.78 Å². The van der Waals surface area contributed by atoms with E-state index in [1.807, 2.05) is 0 Å². The third kappa shape index (κ3) is 2.96. The zero-order valence-electron chi connectivity index (χ0n) is 10.9. The summed E-state index contributed by atoms with van der Waals surface area (Å²) in [6, 6.07) is 6.96. The summed E-state index contributed by atoms with van der Waals surface area (Å²) >= 11 is 2.13. The Hall–Kier alpha value is -1.80.